The van der Waals surface area contributed by atoms with E-state index >= 15 is 0 Å². The second-order valence-corrected chi connectivity index (χ2v) is 18.4. The van der Waals surface area contributed by atoms with Crippen molar-refractivity contribution in [2.24, 2.45) is 0 Å². The first-order valence-corrected chi connectivity index (χ1v) is 24.6. The summed E-state index contributed by atoms with van der Waals surface area (Å²) in [5, 5.41) is 2.04. The Balaban J connectivity index is 1.03. The van der Waals surface area contributed by atoms with Crippen molar-refractivity contribution >= 4 is 62.9 Å². The number of para-hydroxylation sites is 2. The molecule has 0 saturated carbocycles. The van der Waals surface area contributed by atoms with E-state index in [9.17, 15) is 9.59 Å². The molecule has 4 heterocycles. The van der Waals surface area contributed by atoms with E-state index in [0.717, 1.165) is 91.9 Å². The summed E-state index contributed by atoms with van der Waals surface area (Å²) in [7, 11) is 0. The monoisotopic (exact) mass is 867 g/mol. The summed E-state index contributed by atoms with van der Waals surface area (Å²) < 4.78 is 0. The van der Waals surface area contributed by atoms with Crippen LogP contribution in [0.25, 0.3) is 21.8 Å². The van der Waals surface area contributed by atoms with Crippen LogP contribution in [-0.4, -0.2) is 34.7 Å². The molecule has 2 aliphatic rings. The van der Waals surface area contributed by atoms with Gasteiger partial charge in [0.2, 0.25) is 0 Å². The van der Waals surface area contributed by atoms with E-state index in [4.69, 9.17) is 0 Å². The third-order valence-corrected chi connectivity index (χ3v) is 13.9. The van der Waals surface area contributed by atoms with Gasteiger partial charge in [-0.3, -0.25) is 9.59 Å². The molecule has 0 unspecified atom stereocenters. The summed E-state index contributed by atoms with van der Waals surface area (Å²) in [6, 6.07) is 45.9. The normalized spacial score (nSPS) is 13.6. The van der Waals surface area contributed by atoms with Crippen LogP contribution in [-0.2, 0) is 9.59 Å². The van der Waals surface area contributed by atoms with Crippen molar-refractivity contribution in [1.82, 2.24) is 9.80 Å². The van der Waals surface area contributed by atoms with Gasteiger partial charge in [0.15, 0.2) is 0 Å². The molecule has 2 aromatic heterocycles. The lowest BCUT2D eigenvalue weighted by molar-refractivity contribution is -0.124. The van der Waals surface area contributed by atoms with Crippen LogP contribution in [0.5, 0.6) is 0 Å². The number of unbranched alkanes of at least 4 members (excludes halogenated alkanes) is 10. The minimum absolute atomic E-state index is 0.0343. The third-order valence-electron chi connectivity index (χ3n) is 11.9. The smallest absolute Gasteiger partial charge is 0.261 e. The molecular weight excluding hydrogens is 811 g/mol. The largest absolute Gasteiger partial charge is 0.311 e. The van der Waals surface area contributed by atoms with Gasteiger partial charge in [0.1, 0.15) is 0 Å². The molecular formula is C56H57N3O2S2. The number of amides is 2. The fourth-order valence-corrected chi connectivity index (χ4v) is 10.5. The lowest BCUT2D eigenvalue weighted by Gasteiger charge is -2.25. The summed E-state index contributed by atoms with van der Waals surface area (Å²) in [6.07, 6.45) is 13.6. The Morgan fingerprint density at radius 2 is 0.921 bits per heavy atom. The summed E-state index contributed by atoms with van der Waals surface area (Å²) in [6.45, 7) is 5.70. The number of benzene rings is 4. The van der Waals surface area contributed by atoms with Crippen LogP contribution in [0.15, 0.2) is 150 Å². The van der Waals surface area contributed by atoms with Crippen molar-refractivity contribution in [2.45, 2.75) is 90.9 Å². The number of rotatable bonds is 20. The van der Waals surface area contributed by atoms with E-state index in [0.29, 0.717) is 24.2 Å². The fraction of sp³-hybridized carbons (Fsp3) is 0.286. The first-order valence-electron chi connectivity index (χ1n) is 22.9. The highest BCUT2D eigenvalue weighted by atomic mass is 32.1. The van der Waals surface area contributed by atoms with Crippen LogP contribution in [0.1, 0.15) is 112 Å². The number of anilines is 3. The number of thiophene rings is 2. The molecule has 0 N–H and O–H groups in total. The van der Waals surface area contributed by atoms with Crippen molar-refractivity contribution in [3.05, 3.63) is 171 Å². The maximum atomic E-state index is 14.7. The van der Waals surface area contributed by atoms with Gasteiger partial charge in [0, 0.05) is 46.2 Å². The summed E-state index contributed by atoms with van der Waals surface area (Å²) >= 11 is 3.26. The van der Waals surface area contributed by atoms with Gasteiger partial charge in [-0.2, -0.15) is 0 Å². The minimum Gasteiger partial charge on any atom is -0.311 e. The molecule has 2 amide bonds. The Labute approximate surface area is 382 Å². The average molecular weight is 868 g/mol. The molecule has 6 aromatic rings. The van der Waals surface area contributed by atoms with Gasteiger partial charge in [-0.25, -0.2) is 0 Å². The maximum absolute atomic E-state index is 14.7. The Hall–Kier alpha value is -5.94. The molecule has 0 bridgehead atoms. The third kappa shape index (κ3) is 10.1. The van der Waals surface area contributed by atoms with Gasteiger partial charge < -0.3 is 14.7 Å². The van der Waals surface area contributed by atoms with Crippen LogP contribution in [0.2, 0.25) is 0 Å². The molecule has 0 radical (unpaired) electrons. The first-order chi connectivity index (χ1) is 31.1. The molecule has 320 valence electrons. The zero-order chi connectivity index (χ0) is 43.4. The van der Waals surface area contributed by atoms with Gasteiger partial charge in [-0.1, -0.05) is 144 Å². The molecule has 2 aliphatic heterocycles. The molecule has 0 saturated heterocycles. The summed E-state index contributed by atoms with van der Waals surface area (Å²) in [5.41, 5.74) is 8.99. The van der Waals surface area contributed by atoms with Gasteiger partial charge in [0.05, 0.1) is 32.3 Å². The summed E-state index contributed by atoms with van der Waals surface area (Å²) in [4.78, 5) is 38.5. The zero-order valence-corrected chi connectivity index (χ0v) is 38.3. The Morgan fingerprint density at radius 3 is 1.43 bits per heavy atom. The fourth-order valence-electron chi connectivity index (χ4n) is 8.63. The molecule has 0 aliphatic carbocycles. The molecule has 63 heavy (non-hydrogen) atoms. The zero-order valence-electron chi connectivity index (χ0n) is 36.7. The molecule has 0 atom stereocenters. The van der Waals surface area contributed by atoms with Crippen molar-refractivity contribution in [1.29, 1.82) is 0 Å². The number of nitrogens with zero attached hydrogens (tertiary/aromatic N) is 3. The predicted molar refractivity (Wildman–Crippen MR) is 265 cm³/mol. The number of carbonyl (C=O) groups is 2. The van der Waals surface area contributed by atoms with Crippen molar-refractivity contribution < 1.29 is 9.59 Å². The molecule has 0 spiro atoms. The van der Waals surface area contributed by atoms with Crippen LogP contribution >= 0.6 is 22.7 Å². The van der Waals surface area contributed by atoms with Crippen LogP contribution in [0, 0.1) is 11.8 Å². The van der Waals surface area contributed by atoms with Crippen molar-refractivity contribution in [2.75, 3.05) is 18.0 Å². The lowest BCUT2D eigenvalue weighted by atomic mass is 10.1. The molecule has 4 aromatic carbocycles. The second-order valence-electron chi connectivity index (χ2n) is 16.4. The Kier molecular flexibility index (Phi) is 14.9. The highest BCUT2D eigenvalue weighted by molar-refractivity contribution is 7.16. The lowest BCUT2D eigenvalue weighted by Crippen LogP contribution is -2.30. The van der Waals surface area contributed by atoms with Crippen molar-refractivity contribution in [3.63, 3.8) is 0 Å². The van der Waals surface area contributed by atoms with Gasteiger partial charge in [-0.15, -0.1) is 22.7 Å². The van der Waals surface area contributed by atoms with Crippen LogP contribution < -0.4 is 4.90 Å². The molecule has 0 fully saturated rings. The first kappa shape index (κ1) is 43.7. The Morgan fingerprint density at radius 1 is 0.460 bits per heavy atom. The summed E-state index contributed by atoms with van der Waals surface area (Å²) in [5.74, 6) is 6.66. The van der Waals surface area contributed by atoms with Gasteiger partial charge in [-0.05, 0) is 103 Å². The predicted octanol–water partition coefficient (Wildman–Crippen LogP) is 14.9. The molecule has 8 rings (SSSR count). The highest BCUT2D eigenvalue weighted by Gasteiger charge is 2.49. The van der Waals surface area contributed by atoms with E-state index in [1.807, 2.05) is 33.4 Å². The molecule has 7 heteroatoms. The number of fused-ring (bicyclic) bond motifs is 1. The number of carbonyl (C=O) groups excluding carboxylic acids is 2. The highest BCUT2D eigenvalue weighted by Crippen LogP contribution is 2.49. The van der Waals surface area contributed by atoms with E-state index in [-0.39, 0.29) is 11.8 Å². The maximum Gasteiger partial charge on any atom is 0.261 e. The number of hydrogen-bond acceptors (Lipinski definition) is 5. The van der Waals surface area contributed by atoms with Crippen molar-refractivity contribution in [3.8, 4) is 22.3 Å². The SMILES string of the molecule is CCCCCCCCN1C(=O)C2=C(c3ccc(-c4ccc(C#Cc5ccc(N(c6ccccc6)c6ccccc6)cc5)cc4)s3)N(CCCCCCCC)C(=O)C2=C1c1cccs1. The molecule has 5 nitrogen and oxygen atoms in total. The quantitative estimate of drug-likeness (QED) is 0.0567. The van der Waals surface area contributed by atoms with Crippen LogP contribution in [0.4, 0.5) is 17.1 Å². The average Bonchev–Trinajstić information content (AvgIpc) is 4.14. The minimum atomic E-state index is -0.0343. The van der Waals surface area contributed by atoms with E-state index in [1.165, 1.54) is 44.9 Å². The topological polar surface area (TPSA) is 43.9 Å². The van der Waals surface area contributed by atoms with E-state index in [1.54, 1.807) is 22.7 Å². The van der Waals surface area contributed by atoms with Gasteiger partial charge >= 0.3 is 0 Å². The standard InChI is InChI=1S/C56H57N3O2S2/c1-3-5-7-9-11-19-39-57-53(49-26-21-41-62-49)51-52(56(57)61)54(58(55(51)60)40-20-12-10-8-6-4-2)50-38-37-48(63-50)44-33-29-42(30-34-44)27-28-43-31-35-47(36-32-43)59(45-22-15-13-16-23-45)46-24-17-14-18-25-46/h13-18,21-26,29-38,41H,3-12,19-20,39-40H2,1-2H3. The second kappa shape index (κ2) is 21.4. The van der Waals surface area contributed by atoms with Crippen LogP contribution in [0.3, 0.4) is 0 Å². The van der Waals surface area contributed by atoms with Gasteiger partial charge in [0.25, 0.3) is 11.8 Å². The Bertz CT molecular complexity index is 2540. The number of hydrogen-bond donors (Lipinski definition) is 0. The van der Waals surface area contributed by atoms with E-state index in [2.05, 4.69) is 146 Å². The van der Waals surface area contributed by atoms with E-state index < -0.39 is 0 Å².